The van der Waals surface area contributed by atoms with Crippen LogP contribution in [-0.4, -0.2) is 67.4 Å². The summed E-state index contributed by atoms with van der Waals surface area (Å²) < 4.78 is 5.93. The van der Waals surface area contributed by atoms with E-state index >= 15 is 0 Å². The minimum Gasteiger partial charge on any atom is -0.373 e. The van der Waals surface area contributed by atoms with Crippen molar-refractivity contribution < 1.29 is 4.74 Å². The van der Waals surface area contributed by atoms with Gasteiger partial charge in [0.2, 0.25) is 0 Å². The van der Waals surface area contributed by atoms with Gasteiger partial charge in [-0.25, -0.2) is 0 Å². The number of hydrogen-bond acceptors (Lipinski definition) is 6. The Morgan fingerprint density at radius 1 is 1.21 bits per heavy atom. The quantitative estimate of drug-likeness (QED) is 0.729. The fraction of sp³-hybridized carbons (Fsp3) is 0.630. The molecule has 0 aromatic carbocycles. The summed E-state index contributed by atoms with van der Waals surface area (Å²) in [6.07, 6.45) is 7.98. The number of aromatic nitrogens is 2. The first-order chi connectivity index (χ1) is 16.0. The monoisotopic (exact) mass is 449 g/mol. The smallest absolute Gasteiger partial charge is 0.0915 e. The molecule has 0 radical (unpaired) electrons. The van der Waals surface area contributed by atoms with Crippen molar-refractivity contribution >= 4 is 5.69 Å². The first-order valence-electron chi connectivity index (χ1n) is 12.7. The number of fused-ring (bicyclic) bond motifs is 2. The molecule has 0 spiro atoms. The van der Waals surface area contributed by atoms with Gasteiger partial charge in [0.05, 0.1) is 42.4 Å². The van der Waals surface area contributed by atoms with Crippen LogP contribution < -0.4 is 10.2 Å². The summed E-state index contributed by atoms with van der Waals surface area (Å²) in [7, 11) is 4.37. The molecule has 0 bridgehead atoms. The maximum Gasteiger partial charge on any atom is 0.0915 e. The highest BCUT2D eigenvalue weighted by Gasteiger charge is 2.36. The van der Waals surface area contributed by atoms with E-state index in [9.17, 15) is 0 Å². The van der Waals surface area contributed by atoms with E-state index in [1.54, 1.807) is 0 Å². The van der Waals surface area contributed by atoms with Crippen LogP contribution in [0.25, 0.3) is 0 Å². The first-order valence-corrected chi connectivity index (χ1v) is 12.7. The Balaban J connectivity index is 1.33. The Kier molecular flexibility index (Phi) is 6.68. The van der Waals surface area contributed by atoms with Gasteiger partial charge < -0.3 is 19.9 Å². The van der Waals surface area contributed by atoms with Crippen LogP contribution in [0.3, 0.4) is 0 Å². The zero-order chi connectivity index (χ0) is 22.9. The lowest BCUT2D eigenvalue weighted by atomic mass is 9.85. The summed E-state index contributed by atoms with van der Waals surface area (Å²) in [4.78, 5) is 14.8. The molecule has 2 aromatic rings. The molecule has 2 fully saturated rings. The molecule has 5 rings (SSSR count). The second kappa shape index (κ2) is 9.69. The molecule has 0 amide bonds. The fourth-order valence-corrected chi connectivity index (χ4v) is 5.77. The maximum absolute atomic E-state index is 5.93. The molecule has 178 valence electrons. The molecular formula is C27H39N5O. The Morgan fingerprint density at radius 3 is 2.85 bits per heavy atom. The summed E-state index contributed by atoms with van der Waals surface area (Å²) in [6.45, 7) is 8.19. The standard InChI is InChI=1S/C27H39N5O/c1-18(2)23-14-19(22-6-5-7-24(31(3)4)27(22)30-23)8-9-20-10-11-21(15-29-20)32-12-13-33-26-17-28-16-25(26)32/h10-11,14-15,18,24-26,28H,5-9,12-13,16-17H2,1-4H3/t24?,25-,26+/m1/s1. The van der Waals surface area contributed by atoms with Crippen LogP contribution in [0.15, 0.2) is 24.4 Å². The third-order valence-corrected chi connectivity index (χ3v) is 7.69. The van der Waals surface area contributed by atoms with Crippen molar-refractivity contribution in [2.24, 2.45) is 0 Å². The molecule has 2 aromatic heterocycles. The van der Waals surface area contributed by atoms with E-state index in [1.165, 1.54) is 46.7 Å². The number of ether oxygens (including phenoxy) is 1. The largest absolute Gasteiger partial charge is 0.373 e. The summed E-state index contributed by atoms with van der Waals surface area (Å²) in [5.41, 5.74) is 7.92. The van der Waals surface area contributed by atoms with Crippen LogP contribution in [0.1, 0.15) is 66.9 Å². The van der Waals surface area contributed by atoms with Gasteiger partial charge in [-0.15, -0.1) is 0 Å². The lowest BCUT2D eigenvalue weighted by Gasteiger charge is -2.38. The van der Waals surface area contributed by atoms with Gasteiger partial charge in [-0.2, -0.15) is 0 Å². The van der Waals surface area contributed by atoms with Crippen LogP contribution in [0.4, 0.5) is 5.69 Å². The summed E-state index contributed by atoms with van der Waals surface area (Å²) in [6, 6.07) is 7.71. The molecule has 6 nitrogen and oxygen atoms in total. The maximum atomic E-state index is 5.93. The SMILES string of the molecule is CC(C)c1cc(CCc2ccc(N3CCO[C@H]4CNC[C@H]43)cn2)c2c(n1)C(N(C)C)CCC2. The van der Waals surface area contributed by atoms with Crippen molar-refractivity contribution in [1.29, 1.82) is 0 Å². The predicted molar refractivity (Wildman–Crippen MR) is 133 cm³/mol. The van der Waals surface area contributed by atoms with Crippen LogP contribution in [-0.2, 0) is 24.0 Å². The average molecular weight is 450 g/mol. The first kappa shape index (κ1) is 22.8. The second-order valence-corrected chi connectivity index (χ2v) is 10.4. The van der Waals surface area contributed by atoms with Crippen molar-refractivity contribution in [2.45, 2.75) is 70.1 Å². The highest BCUT2D eigenvalue weighted by atomic mass is 16.5. The molecule has 1 unspecified atom stereocenters. The van der Waals surface area contributed by atoms with E-state index in [1.807, 2.05) is 0 Å². The third kappa shape index (κ3) is 4.66. The molecule has 4 heterocycles. The predicted octanol–water partition coefficient (Wildman–Crippen LogP) is 3.50. The molecular weight excluding hydrogens is 410 g/mol. The summed E-state index contributed by atoms with van der Waals surface area (Å²) in [5.74, 6) is 0.443. The van der Waals surface area contributed by atoms with Gasteiger partial charge in [0, 0.05) is 31.0 Å². The fourth-order valence-electron chi connectivity index (χ4n) is 5.77. The molecule has 0 saturated carbocycles. The molecule has 33 heavy (non-hydrogen) atoms. The van der Waals surface area contributed by atoms with E-state index < -0.39 is 0 Å². The molecule has 2 saturated heterocycles. The van der Waals surface area contributed by atoms with Crippen molar-refractivity contribution in [1.82, 2.24) is 20.2 Å². The number of nitrogens with zero attached hydrogens (tertiary/aromatic N) is 4. The number of morpholine rings is 1. The zero-order valence-electron chi connectivity index (χ0n) is 20.7. The van der Waals surface area contributed by atoms with E-state index in [0.29, 0.717) is 24.1 Å². The molecule has 2 aliphatic heterocycles. The van der Waals surface area contributed by atoms with Crippen LogP contribution >= 0.6 is 0 Å². The highest BCUT2D eigenvalue weighted by molar-refractivity contribution is 5.47. The minimum absolute atomic E-state index is 0.303. The van der Waals surface area contributed by atoms with Gasteiger partial charge in [-0.05, 0) is 81.4 Å². The van der Waals surface area contributed by atoms with Gasteiger partial charge in [-0.1, -0.05) is 13.8 Å². The number of aryl methyl sites for hydroxylation is 2. The molecule has 1 N–H and O–H groups in total. The van der Waals surface area contributed by atoms with Gasteiger partial charge in [0.25, 0.3) is 0 Å². The van der Waals surface area contributed by atoms with Gasteiger partial charge in [-0.3, -0.25) is 9.97 Å². The summed E-state index contributed by atoms with van der Waals surface area (Å²) in [5, 5.41) is 3.47. The van der Waals surface area contributed by atoms with Crippen LogP contribution in [0, 0.1) is 0 Å². The normalized spacial score (nSPS) is 24.9. The average Bonchev–Trinajstić information content (AvgIpc) is 3.31. The lowest BCUT2D eigenvalue weighted by molar-refractivity contribution is 0.0349. The lowest BCUT2D eigenvalue weighted by Crippen LogP contribution is -2.51. The van der Waals surface area contributed by atoms with Gasteiger partial charge in [0.1, 0.15) is 0 Å². The molecule has 3 aliphatic rings. The summed E-state index contributed by atoms with van der Waals surface area (Å²) >= 11 is 0. The van der Waals surface area contributed by atoms with Crippen molar-refractivity contribution in [2.75, 3.05) is 45.2 Å². The number of nitrogens with one attached hydrogen (secondary N) is 1. The second-order valence-electron chi connectivity index (χ2n) is 10.4. The Labute approximate surface area is 198 Å². The van der Waals surface area contributed by atoms with Gasteiger partial charge in [0.15, 0.2) is 0 Å². The zero-order valence-corrected chi connectivity index (χ0v) is 20.7. The number of anilines is 1. The molecule has 6 heteroatoms. The van der Waals surface area contributed by atoms with Crippen LogP contribution in [0.2, 0.25) is 0 Å². The molecule has 1 aliphatic carbocycles. The Morgan fingerprint density at radius 2 is 2.09 bits per heavy atom. The van der Waals surface area contributed by atoms with Gasteiger partial charge >= 0.3 is 0 Å². The minimum atomic E-state index is 0.303. The van der Waals surface area contributed by atoms with Crippen molar-refractivity contribution in [3.05, 3.63) is 52.6 Å². The Bertz CT molecular complexity index is 958. The van der Waals surface area contributed by atoms with Crippen molar-refractivity contribution in [3.63, 3.8) is 0 Å². The number of pyridine rings is 2. The van der Waals surface area contributed by atoms with Crippen molar-refractivity contribution in [3.8, 4) is 0 Å². The van der Waals surface area contributed by atoms with E-state index in [0.717, 1.165) is 45.5 Å². The van der Waals surface area contributed by atoms with Crippen LogP contribution in [0.5, 0.6) is 0 Å². The van der Waals surface area contributed by atoms with E-state index in [2.05, 4.69) is 67.5 Å². The number of rotatable bonds is 6. The topological polar surface area (TPSA) is 53.5 Å². The van der Waals surface area contributed by atoms with E-state index in [-0.39, 0.29) is 0 Å². The molecule has 3 atom stereocenters. The Hall–Kier alpha value is -2.02. The third-order valence-electron chi connectivity index (χ3n) is 7.69. The number of hydrogen-bond donors (Lipinski definition) is 1. The van der Waals surface area contributed by atoms with E-state index in [4.69, 9.17) is 14.7 Å². The highest BCUT2D eigenvalue weighted by Crippen LogP contribution is 2.35.